The zero-order valence-corrected chi connectivity index (χ0v) is 13.0. The third kappa shape index (κ3) is 2.98. The highest BCUT2D eigenvalue weighted by atomic mass is 16.5. The zero-order chi connectivity index (χ0) is 15.8. The van der Waals surface area contributed by atoms with Crippen LogP contribution in [-0.4, -0.2) is 43.5 Å². The van der Waals surface area contributed by atoms with E-state index < -0.39 is 0 Å². The number of nitrogens with zero attached hydrogens (tertiary/aromatic N) is 4. The predicted octanol–water partition coefficient (Wildman–Crippen LogP) is 1.07. The molecular formula is C15H20N6O2. The molecule has 8 heteroatoms. The summed E-state index contributed by atoms with van der Waals surface area (Å²) in [5.41, 5.74) is 1.64. The second-order valence-corrected chi connectivity index (χ2v) is 6.26. The lowest BCUT2D eigenvalue weighted by Crippen LogP contribution is -2.32. The summed E-state index contributed by atoms with van der Waals surface area (Å²) in [5, 5.41) is 13.9. The Kier molecular flexibility index (Phi) is 3.60. The average Bonchev–Trinajstić information content (AvgIpc) is 2.97. The largest absolute Gasteiger partial charge is 0.365 e. The van der Waals surface area contributed by atoms with E-state index in [1.54, 1.807) is 0 Å². The number of ether oxygens (including phenoxy) is 1. The van der Waals surface area contributed by atoms with Crippen LogP contribution in [0.4, 0.5) is 0 Å². The van der Waals surface area contributed by atoms with Gasteiger partial charge in [-0.1, -0.05) is 0 Å². The van der Waals surface area contributed by atoms with E-state index in [0.29, 0.717) is 18.2 Å². The summed E-state index contributed by atoms with van der Waals surface area (Å²) in [6.45, 7) is 0.485. The monoisotopic (exact) mass is 316 g/mol. The Morgan fingerprint density at radius 1 is 1.43 bits per heavy atom. The second kappa shape index (κ2) is 5.77. The second-order valence-electron chi connectivity index (χ2n) is 6.26. The van der Waals surface area contributed by atoms with Gasteiger partial charge >= 0.3 is 0 Å². The summed E-state index contributed by atoms with van der Waals surface area (Å²) in [6, 6.07) is 1.90. The van der Waals surface area contributed by atoms with Gasteiger partial charge in [0.25, 0.3) is 5.91 Å². The molecule has 122 valence electrons. The maximum atomic E-state index is 12.2. The quantitative estimate of drug-likeness (QED) is 0.860. The van der Waals surface area contributed by atoms with Gasteiger partial charge in [0.1, 0.15) is 18.1 Å². The first kappa shape index (κ1) is 14.4. The summed E-state index contributed by atoms with van der Waals surface area (Å²) in [6.07, 6.45) is 5.58. The van der Waals surface area contributed by atoms with Crippen molar-refractivity contribution in [2.24, 2.45) is 7.05 Å². The Morgan fingerprint density at radius 3 is 3.04 bits per heavy atom. The smallest absolute Gasteiger partial charge is 0.271 e. The van der Waals surface area contributed by atoms with Crippen molar-refractivity contribution in [3.05, 3.63) is 29.6 Å². The Hall–Kier alpha value is -2.22. The minimum absolute atomic E-state index is 0.000615. The Bertz CT molecular complexity index is 691. The number of H-pyrrole nitrogens is 1. The van der Waals surface area contributed by atoms with Crippen LogP contribution in [0.2, 0.25) is 0 Å². The molecular weight excluding hydrogens is 296 g/mol. The molecule has 2 aliphatic rings. The van der Waals surface area contributed by atoms with Gasteiger partial charge in [0.2, 0.25) is 0 Å². The van der Waals surface area contributed by atoms with Gasteiger partial charge in [-0.05, 0) is 31.7 Å². The van der Waals surface area contributed by atoms with Crippen molar-refractivity contribution in [2.75, 3.05) is 6.54 Å². The molecule has 1 aliphatic carbocycles. The molecule has 2 aromatic heterocycles. The van der Waals surface area contributed by atoms with Crippen molar-refractivity contribution in [1.29, 1.82) is 0 Å². The van der Waals surface area contributed by atoms with Gasteiger partial charge in [-0.3, -0.25) is 14.6 Å². The average molecular weight is 316 g/mol. The van der Waals surface area contributed by atoms with Crippen LogP contribution in [0, 0.1) is 0 Å². The van der Waals surface area contributed by atoms with Gasteiger partial charge in [0.15, 0.2) is 5.82 Å². The van der Waals surface area contributed by atoms with Crippen molar-refractivity contribution in [3.63, 3.8) is 0 Å². The molecule has 2 atom stereocenters. The molecule has 1 saturated carbocycles. The molecule has 0 spiro atoms. The summed E-state index contributed by atoms with van der Waals surface area (Å²) in [5.74, 6) is 1.19. The van der Waals surface area contributed by atoms with Crippen LogP contribution < -0.4 is 5.32 Å². The molecule has 1 saturated heterocycles. The van der Waals surface area contributed by atoms with Gasteiger partial charge in [0.05, 0.1) is 6.10 Å². The SMILES string of the molecule is Cn1nc(C(=O)NC[C@H]2CC[C@@H](c3ncn[nH]3)O2)cc1C1CC1. The number of carbonyl (C=O) groups is 1. The number of aromatic amines is 1. The number of carbonyl (C=O) groups excluding carboxylic acids is 1. The molecule has 1 amide bonds. The lowest BCUT2D eigenvalue weighted by atomic mass is 10.2. The number of rotatable bonds is 5. The Labute approximate surface area is 133 Å². The van der Waals surface area contributed by atoms with Crippen molar-refractivity contribution < 1.29 is 9.53 Å². The number of nitrogens with one attached hydrogen (secondary N) is 2. The summed E-state index contributed by atoms with van der Waals surface area (Å²) in [4.78, 5) is 16.4. The molecule has 2 aromatic rings. The van der Waals surface area contributed by atoms with Crippen LogP contribution in [0.5, 0.6) is 0 Å². The fourth-order valence-electron chi connectivity index (χ4n) is 3.08. The molecule has 23 heavy (non-hydrogen) atoms. The van der Waals surface area contributed by atoms with Gasteiger partial charge in [-0.15, -0.1) is 0 Å². The number of aryl methyl sites for hydroxylation is 1. The number of amides is 1. The Morgan fingerprint density at radius 2 is 2.30 bits per heavy atom. The fraction of sp³-hybridized carbons (Fsp3) is 0.600. The van der Waals surface area contributed by atoms with Crippen molar-refractivity contribution in [2.45, 2.75) is 43.8 Å². The zero-order valence-electron chi connectivity index (χ0n) is 13.0. The molecule has 2 N–H and O–H groups in total. The van der Waals surface area contributed by atoms with E-state index in [9.17, 15) is 4.79 Å². The highest BCUT2D eigenvalue weighted by Gasteiger charge is 2.30. The molecule has 0 bridgehead atoms. The minimum atomic E-state index is -0.140. The minimum Gasteiger partial charge on any atom is -0.365 e. The van der Waals surface area contributed by atoms with Gasteiger partial charge < -0.3 is 10.1 Å². The fourth-order valence-corrected chi connectivity index (χ4v) is 3.08. The molecule has 0 unspecified atom stereocenters. The molecule has 1 aliphatic heterocycles. The first-order valence-corrected chi connectivity index (χ1v) is 8.03. The highest BCUT2D eigenvalue weighted by Crippen LogP contribution is 2.39. The lowest BCUT2D eigenvalue weighted by Gasteiger charge is -2.12. The van der Waals surface area contributed by atoms with Crippen molar-refractivity contribution in [3.8, 4) is 0 Å². The summed E-state index contributed by atoms with van der Waals surface area (Å²) in [7, 11) is 1.90. The molecule has 8 nitrogen and oxygen atoms in total. The molecule has 2 fully saturated rings. The highest BCUT2D eigenvalue weighted by molar-refractivity contribution is 5.92. The van der Waals surface area contributed by atoms with Gasteiger partial charge in [-0.25, -0.2) is 4.98 Å². The number of hydrogen-bond donors (Lipinski definition) is 2. The van der Waals surface area contributed by atoms with E-state index in [4.69, 9.17) is 4.74 Å². The Balaban J connectivity index is 1.31. The maximum Gasteiger partial charge on any atom is 0.271 e. The van der Waals surface area contributed by atoms with Gasteiger partial charge in [-0.2, -0.15) is 10.2 Å². The van der Waals surface area contributed by atoms with Crippen LogP contribution in [0.1, 0.15) is 59.7 Å². The van der Waals surface area contributed by atoms with Crippen LogP contribution in [0.25, 0.3) is 0 Å². The predicted molar refractivity (Wildman–Crippen MR) is 80.7 cm³/mol. The van der Waals surface area contributed by atoms with Gasteiger partial charge in [0, 0.05) is 25.2 Å². The van der Waals surface area contributed by atoms with Crippen LogP contribution in [0.3, 0.4) is 0 Å². The van der Waals surface area contributed by atoms with Crippen LogP contribution >= 0.6 is 0 Å². The van der Waals surface area contributed by atoms with E-state index in [1.807, 2.05) is 17.8 Å². The molecule has 4 rings (SSSR count). The lowest BCUT2D eigenvalue weighted by molar-refractivity contribution is 0.0392. The molecule has 0 aromatic carbocycles. The van der Waals surface area contributed by atoms with Crippen LogP contribution in [-0.2, 0) is 11.8 Å². The first-order chi connectivity index (χ1) is 11.2. The molecule has 0 radical (unpaired) electrons. The normalized spacial score (nSPS) is 24.0. The van der Waals surface area contributed by atoms with E-state index in [2.05, 4.69) is 25.6 Å². The summed E-state index contributed by atoms with van der Waals surface area (Å²) >= 11 is 0. The standard InChI is InChI=1S/C15H20N6O2/c1-21-12(9-2-3-9)6-11(20-21)15(22)16-7-10-4-5-13(23-10)14-17-8-18-19-14/h6,8-10,13H,2-5,7H2,1H3,(H,16,22)(H,17,18,19)/t10-,13+/m1/s1. The van der Waals surface area contributed by atoms with Crippen molar-refractivity contribution >= 4 is 5.91 Å². The molecule has 3 heterocycles. The third-order valence-corrected chi connectivity index (χ3v) is 4.48. The van der Waals surface area contributed by atoms with E-state index in [0.717, 1.165) is 24.4 Å². The number of hydrogen-bond acceptors (Lipinski definition) is 5. The van der Waals surface area contributed by atoms with Crippen LogP contribution in [0.15, 0.2) is 12.4 Å². The number of aromatic nitrogens is 5. The van der Waals surface area contributed by atoms with Crippen molar-refractivity contribution in [1.82, 2.24) is 30.3 Å². The topological polar surface area (TPSA) is 97.7 Å². The maximum absolute atomic E-state index is 12.2. The van der Waals surface area contributed by atoms with E-state index >= 15 is 0 Å². The van der Waals surface area contributed by atoms with E-state index in [-0.39, 0.29) is 18.1 Å². The van der Waals surface area contributed by atoms with E-state index in [1.165, 1.54) is 19.2 Å². The third-order valence-electron chi connectivity index (χ3n) is 4.48. The first-order valence-electron chi connectivity index (χ1n) is 8.03. The summed E-state index contributed by atoms with van der Waals surface area (Å²) < 4.78 is 7.71.